The number of carbonyl (C=O) groups excluding carboxylic acids is 2. The second kappa shape index (κ2) is 6.29. The minimum atomic E-state index is -0.712. The van der Waals surface area contributed by atoms with E-state index in [-0.39, 0.29) is 24.3 Å². The fourth-order valence-corrected chi connectivity index (χ4v) is 4.59. The topological polar surface area (TPSA) is 86.1 Å². The standard InChI is InChI=1S/C18H24N4O5/c1-20-5-12(4-19-20)22-10-18(27-8-15(22)23)9-21(2-3-25-11-18)17(24)16-13-6-26-7-14(13)16/h4-5,13-14,16H,2-3,6-11H2,1H3/t13-,14+,16?,18?. The molecule has 0 bridgehead atoms. The van der Waals surface area contributed by atoms with Crippen molar-refractivity contribution in [2.24, 2.45) is 24.8 Å². The molecule has 2 amide bonds. The zero-order valence-electron chi connectivity index (χ0n) is 15.4. The van der Waals surface area contributed by atoms with Gasteiger partial charge in [-0.2, -0.15) is 5.10 Å². The molecule has 1 aromatic heterocycles. The van der Waals surface area contributed by atoms with Gasteiger partial charge in [0.2, 0.25) is 5.91 Å². The molecule has 2 unspecified atom stereocenters. The second-order valence-electron chi connectivity index (χ2n) is 8.03. The summed E-state index contributed by atoms with van der Waals surface area (Å²) in [7, 11) is 1.82. The largest absolute Gasteiger partial charge is 0.381 e. The number of nitrogens with zero attached hydrogens (tertiary/aromatic N) is 4. The molecule has 27 heavy (non-hydrogen) atoms. The molecule has 0 radical (unpaired) electrons. The van der Waals surface area contributed by atoms with E-state index in [0.29, 0.717) is 57.9 Å². The molecule has 9 nitrogen and oxygen atoms in total. The van der Waals surface area contributed by atoms with Crippen molar-refractivity contribution in [2.45, 2.75) is 5.60 Å². The van der Waals surface area contributed by atoms with Gasteiger partial charge in [-0.1, -0.05) is 0 Å². The summed E-state index contributed by atoms with van der Waals surface area (Å²) in [6.45, 7) is 3.55. The number of morpholine rings is 1. The lowest BCUT2D eigenvalue weighted by Gasteiger charge is -2.42. The zero-order chi connectivity index (χ0) is 18.6. The van der Waals surface area contributed by atoms with Gasteiger partial charge in [-0.25, -0.2) is 0 Å². The number of rotatable bonds is 2. The van der Waals surface area contributed by atoms with Crippen molar-refractivity contribution in [1.29, 1.82) is 0 Å². The Kier molecular flexibility index (Phi) is 3.99. The first kappa shape index (κ1) is 17.2. The van der Waals surface area contributed by atoms with E-state index >= 15 is 0 Å². The molecule has 4 fully saturated rings. The number of hydrogen-bond donors (Lipinski definition) is 0. The third-order valence-corrected chi connectivity index (χ3v) is 6.15. The van der Waals surface area contributed by atoms with E-state index in [2.05, 4.69) is 5.10 Å². The molecule has 0 aromatic carbocycles. The first-order valence-electron chi connectivity index (χ1n) is 9.44. The first-order valence-corrected chi connectivity index (χ1v) is 9.44. The number of fused-ring (bicyclic) bond motifs is 1. The van der Waals surface area contributed by atoms with Crippen LogP contribution in [-0.4, -0.2) is 84.8 Å². The van der Waals surface area contributed by atoms with Crippen LogP contribution in [-0.2, 0) is 30.8 Å². The smallest absolute Gasteiger partial charge is 0.253 e. The summed E-state index contributed by atoms with van der Waals surface area (Å²) < 4.78 is 18.8. The summed E-state index contributed by atoms with van der Waals surface area (Å²) in [5.41, 5.74) is 0.0253. The van der Waals surface area contributed by atoms with Crippen LogP contribution >= 0.6 is 0 Å². The molecule has 4 heterocycles. The highest BCUT2D eigenvalue weighted by Crippen LogP contribution is 2.51. The maximum Gasteiger partial charge on any atom is 0.253 e. The predicted octanol–water partition coefficient (Wildman–Crippen LogP) is -0.727. The molecule has 1 spiro atoms. The van der Waals surface area contributed by atoms with Crippen molar-refractivity contribution in [3.05, 3.63) is 12.4 Å². The molecule has 3 saturated heterocycles. The lowest BCUT2D eigenvalue weighted by Crippen LogP contribution is -2.61. The van der Waals surface area contributed by atoms with Crippen LogP contribution in [0.4, 0.5) is 5.69 Å². The molecule has 4 atom stereocenters. The predicted molar refractivity (Wildman–Crippen MR) is 92.9 cm³/mol. The number of amides is 2. The lowest BCUT2D eigenvalue weighted by molar-refractivity contribution is -0.150. The van der Waals surface area contributed by atoms with Crippen molar-refractivity contribution in [3.63, 3.8) is 0 Å². The summed E-state index contributed by atoms with van der Waals surface area (Å²) in [6.07, 6.45) is 3.48. The summed E-state index contributed by atoms with van der Waals surface area (Å²) in [6, 6.07) is 0. The molecule has 3 aliphatic heterocycles. The molecular weight excluding hydrogens is 352 g/mol. The molecular formula is C18H24N4O5. The van der Waals surface area contributed by atoms with Gasteiger partial charge in [0, 0.05) is 25.7 Å². The Morgan fingerprint density at radius 2 is 2.07 bits per heavy atom. The normalized spacial score (nSPS) is 36.0. The van der Waals surface area contributed by atoms with Gasteiger partial charge >= 0.3 is 0 Å². The van der Waals surface area contributed by atoms with Gasteiger partial charge in [0.25, 0.3) is 5.91 Å². The minimum Gasteiger partial charge on any atom is -0.381 e. The maximum absolute atomic E-state index is 13.0. The van der Waals surface area contributed by atoms with Crippen LogP contribution in [0, 0.1) is 17.8 Å². The molecule has 0 N–H and O–H groups in total. The molecule has 5 rings (SSSR count). The van der Waals surface area contributed by atoms with E-state index in [1.807, 2.05) is 18.1 Å². The number of aryl methyl sites for hydroxylation is 1. The molecule has 146 valence electrons. The molecule has 9 heteroatoms. The molecule has 1 aromatic rings. The van der Waals surface area contributed by atoms with Crippen molar-refractivity contribution >= 4 is 17.5 Å². The van der Waals surface area contributed by atoms with Gasteiger partial charge in [0.15, 0.2) is 0 Å². The molecule has 1 aliphatic carbocycles. The first-order chi connectivity index (χ1) is 13.1. The Morgan fingerprint density at radius 3 is 2.81 bits per heavy atom. The average Bonchev–Trinajstić information content (AvgIpc) is 2.95. The Bertz CT molecular complexity index is 757. The molecule has 4 aliphatic rings. The van der Waals surface area contributed by atoms with Gasteiger partial charge in [-0.3, -0.25) is 14.3 Å². The summed E-state index contributed by atoms with van der Waals surface area (Å²) in [4.78, 5) is 29.0. The van der Waals surface area contributed by atoms with Crippen molar-refractivity contribution in [1.82, 2.24) is 14.7 Å². The highest BCUT2D eigenvalue weighted by Gasteiger charge is 2.59. The zero-order valence-corrected chi connectivity index (χ0v) is 15.4. The van der Waals surface area contributed by atoms with Crippen LogP contribution in [0.15, 0.2) is 12.4 Å². The number of ether oxygens (including phenoxy) is 3. The Balaban J connectivity index is 1.34. The van der Waals surface area contributed by atoms with Crippen molar-refractivity contribution in [3.8, 4) is 0 Å². The number of anilines is 1. The Labute approximate surface area is 157 Å². The van der Waals surface area contributed by atoms with Crippen molar-refractivity contribution in [2.75, 3.05) is 57.6 Å². The van der Waals surface area contributed by atoms with Crippen LogP contribution in [0.3, 0.4) is 0 Å². The quantitative estimate of drug-likeness (QED) is 0.677. The maximum atomic E-state index is 13.0. The second-order valence-corrected chi connectivity index (χ2v) is 8.03. The highest BCUT2D eigenvalue weighted by atomic mass is 16.6. The van der Waals surface area contributed by atoms with E-state index in [1.165, 1.54) is 0 Å². The number of aromatic nitrogens is 2. The van der Waals surface area contributed by atoms with Gasteiger partial charge in [-0.05, 0) is 11.8 Å². The minimum absolute atomic E-state index is 0.0250. The fourth-order valence-electron chi connectivity index (χ4n) is 4.59. The number of hydrogen-bond acceptors (Lipinski definition) is 6. The van der Waals surface area contributed by atoms with Crippen LogP contribution < -0.4 is 4.90 Å². The van der Waals surface area contributed by atoms with Gasteiger partial charge < -0.3 is 24.0 Å². The van der Waals surface area contributed by atoms with E-state index in [9.17, 15) is 9.59 Å². The monoisotopic (exact) mass is 376 g/mol. The van der Waals surface area contributed by atoms with Crippen molar-refractivity contribution < 1.29 is 23.8 Å². The third-order valence-electron chi connectivity index (χ3n) is 6.15. The number of carbonyl (C=O) groups is 2. The van der Waals surface area contributed by atoms with Crippen LogP contribution in [0.1, 0.15) is 0 Å². The van der Waals surface area contributed by atoms with Crippen LogP contribution in [0.5, 0.6) is 0 Å². The molecule has 1 saturated carbocycles. The Morgan fingerprint density at radius 1 is 1.26 bits per heavy atom. The lowest BCUT2D eigenvalue weighted by atomic mass is 10.0. The summed E-state index contributed by atoms with van der Waals surface area (Å²) in [5.74, 6) is 0.890. The van der Waals surface area contributed by atoms with Crippen LogP contribution in [0.25, 0.3) is 0 Å². The Hall–Kier alpha value is -1.97. The van der Waals surface area contributed by atoms with E-state index in [1.54, 1.807) is 15.8 Å². The van der Waals surface area contributed by atoms with E-state index < -0.39 is 5.60 Å². The van der Waals surface area contributed by atoms with E-state index in [0.717, 1.165) is 5.69 Å². The van der Waals surface area contributed by atoms with Gasteiger partial charge in [0.05, 0.1) is 51.4 Å². The SMILES string of the molecule is Cn1cc(N2CC3(COCCN(C(=O)C4[C@H]5COC[C@@H]45)C3)OCC2=O)cn1. The van der Waals surface area contributed by atoms with Crippen LogP contribution in [0.2, 0.25) is 0 Å². The highest BCUT2D eigenvalue weighted by molar-refractivity contribution is 5.95. The van der Waals surface area contributed by atoms with Gasteiger partial charge in [0.1, 0.15) is 12.2 Å². The third kappa shape index (κ3) is 2.94. The van der Waals surface area contributed by atoms with Gasteiger partial charge in [-0.15, -0.1) is 0 Å². The summed E-state index contributed by atoms with van der Waals surface area (Å²) >= 11 is 0. The fraction of sp³-hybridized carbons (Fsp3) is 0.722. The van der Waals surface area contributed by atoms with E-state index in [4.69, 9.17) is 14.2 Å². The summed E-state index contributed by atoms with van der Waals surface area (Å²) in [5, 5.41) is 4.16. The average molecular weight is 376 g/mol.